The molecule has 140 valence electrons. The number of ether oxygens (including phenoxy) is 1. The van der Waals surface area contributed by atoms with E-state index >= 15 is 0 Å². The van der Waals surface area contributed by atoms with Crippen molar-refractivity contribution in [3.8, 4) is 5.75 Å². The highest BCUT2D eigenvalue weighted by Crippen LogP contribution is 2.50. The van der Waals surface area contributed by atoms with Crippen molar-refractivity contribution in [1.29, 1.82) is 0 Å². The molecular weight excluding hydrogens is 367 g/mol. The third-order valence-corrected chi connectivity index (χ3v) is 5.04. The fourth-order valence-corrected chi connectivity index (χ4v) is 3.86. The molecule has 1 unspecified atom stereocenters. The molecule has 2 aromatic carbocycles. The molecule has 0 amide bonds. The Hall–Kier alpha value is -1.92. The van der Waals surface area contributed by atoms with E-state index in [9.17, 15) is 18.3 Å². The summed E-state index contributed by atoms with van der Waals surface area (Å²) in [5.41, 5.74) is 1.59. The number of fused-ring (bicyclic) bond motifs is 3. The van der Waals surface area contributed by atoms with Crippen LogP contribution in [0.5, 0.6) is 5.75 Å². The minimum atomic E-state index is -4.37. The maximum absolute atomic E-state index is 13.1. The normalized spacial score (nSPS) is 24.7. The lowest BCUT2D eigenvalue weighted by Crippen LogP contribution is -2.36. The Morgan fingerprint density at radius 3 is 2.50 bits per heavy atom. The summed E-state index contributed by atoms with van der Waals surface area (Å²) in [4.78, 5) is 0. The second kappa shape index (κ2) is 7.00. The monoisotopic (exact) mass is 385 g/mol. The summed E-state index contributed by atoms with van der Waals surface area (Å²) in [6.07, 6.45) is -2.97. The molecule has 26 heavy (non-hydrogen) atoms. The van der Waals surface area contributed by atoms with Gasteiger partial charge in [0.2, 0.25) is 0 Å². The van der Waals surface area contributed by atoms with E-state index < -0.39 is 11.7 Å². The molecule has 3 nitrogen and oxygen atoms in total. The number of hydrogen-bond acceptors (Lipinski definition) is 3. The molecule has 0 spiro atoms. The Bertz CT molecular complexity index is 779. The molecule has 2 N–H and O–H groups in total. The first-order valence-corrected chi connectivity index (χ1v) is 8.32. The average Bonchev–Trinajstić information content (AvgIpc) is 2.60. The summed E-state index contributed by atoms with van der Waals surface area (Å²) in [6, 6.07) is 10.7. The number of benzene rings is 2. The predicted octanol–water partition coefficient (Wildman–Crippen LogP) is 5.47. The van der Waals surface area contributed by atoms with Crippen LogP contribution in [0.4, 0.5) is 18.9 Å². The van der Waals surface area contributed by atoms with Crippen LogP contribution in [0.2, 0.25) is 0 Å². The number of nitrogens with one attached hydrogen (secondary N) is 1. The van der Waals surface area contributed by atoms with Crippen molar-refractivity contribution < 1.29 is 23.0 Å². The lowest BCUT2D eigenvalue weighted by Gasteiger charge is -2.43. The van der Waals surface area contributed by atoms with E-state index in [1.54, 1.807) is 12.1 Å². The van der Waals surface area contributed by atoms with E-state index in [1.165, 1.54) is 12.1 Å². The van der Waals surface area contributed by atoms with Gasteiger partial charge in [-0.05, 0) is 48.7 Å². The van der Waals surface area contributed by atoms with Gasteiger partial charge in [0.15, 0.2) is 0 Å². The number of alkyl halides is 3. The maximum atomic E-state index is 13.1. The number of phenols is 1. The van der Waals surface area contributed by atoms with Crippen LogP contribution in [0.3, 0.4) is 0 Å². The van der Waals surface area contributed by atoms with E-state index in [0.29, 0.717) is 17.9 Å². The quantitative estimate of drug-likeness (QED) is 0.684. The number of rotatable bonds is 1. The number of anilines is 1. The molecule has 0 saturated carbocycles. The van der Waals surface area contributed by atoms with Gasteiger partial charge in [0.1, 0.15) is 5.75 Å². The highest BCUT2D eigenvalue weighted by atomic mass is 35.5. The molecule has 2 aliphatic heterocycles. The van der Waals surface area contributed by atoms with Gasteiger partial charge in [-0.1, -0.05) is 12.1 Å². The molecule has 2 aliphatic rings. The lowest BCUT2D eigenvalue weighted by atomic mass is 9.77. The third kappa shape index (κ3) is 3.35. The third-order valence-electron chi connectivity index (χ3n) is 5.04. The Balaban J connectivity index is 0.00000196. The summed E-state index contributed by atoms with van der Waals surface area (Å²) in [5.74, 6) is 0.237. The average molecular weight is 386 g/mol. The Morgan fingerprint density at radius 2 is 1.81 bits per heavy atom. The number of phenolic OH excluding ortho intramolecular Hbond substituents is 1. The summed E-state index contributed by atoms with van der Waals surface area (Å²) >= 11 is 0. The number of hydrogen-bond donors (Lipinski definition) is 2. The van der Waals surface area contributed by atoms with E-state index in [2.05, 4.69) is 5.32 Å². The van der Waals surface area contributed by atoms with Gasteiger partial charge in [-0.25, -0.2) is 0 Å². The van der Waals surface area contributed by atoms with Crippen LogP contribution in [0.25, 0.3) is 0 Å². The smallest absolute Gasteiger partial charge is 0.416 e. The van der Waals surface area contributed by atoms with Crippen molar-refractivity contribution in [1.82, 2.24) is 0 Å². The molecule has 7 heteroatoms. The first-order valence-electron chi connectivity index (χ1n) is 8.32. The largest absolute Gasteiger partial charge is 0.508 e. The molecule has 0 aliphatic carbocycles. The second-order valence-electron chi connectivity index (χ2n) is 6.61. The molecule has 0 aromatic heterocycles. The highest BCUT2D eigenvalue weighted by Gasteiger charge is 2.41. The van der Waals surface area contributed by atoms with Crippen molar-refractivity contribution in [2.24, 2.45) is 5.92 Å². The van der Waals surface area contributed by atoms with Gasteiger partial charge in [0.25, 0.3) is 0 Å². The molecule has 0 radical (unpaired) electrons. The van der Waals surface area contributed by atoms with E-state index in [-0.39, 0.29) is 36.2 Å². The fraction of sp³-hybridized carbons (Fsp3) is 0.368. The molecule has 0 bridgehead atoms. The standard InChI is InChI=1S/C19H18F3NO2.ClH/c20-19(21,22)12-5-8-16-15(10-12)18-14(2-1-9-25-18)17(23-16)11-3-6-13(24)7-4-11;/h3-8,10,14,17-18,23-24H,1-2,9H2;1H/t14-,17?,18-;/m1./s1. The fourth-order valence-electron chi connectivity index (χ4n) is 3.86. The van der Waals surface area contributed by atoms with Crippen molar-refractivity contribution in [3.05, 3.63) is 59.2 Å². The van der Waals surface area contributed by atoms with Crippen molar-refractivity contribution in [2.75, 3.05) is 11.9 Å². The topological polar surface area (TPSA) is 41.5 Å². The number of aromatic hydroxyl groups is 1. The summed E-state index contributed by atoms with van der Waals surface area (Å²) < 4.78 is 45.1. The van der Waals surface area contributed by atoms with Gasteiger partial charge >= 0.3 is 6.18 Å². The highest BCUT2D eigenvalue weighted by molar-refractivity contribution is 5.85. The van der Waals surface area contributed by atoms with Gasteiger partial charge < -0.3 is 15.2 Å². The zero-order valence-corrected chi connectivity index (χ0v) is 14.6. The van der Waals surface area contributed by atoms with Gasteiger partial charge in [-0.15, -0.1) is 12.4 Å². The van der Waals surface area contributed by atoms with Crippen LogP contribution in [-0.4, -0.2) is 11.7 Å². The Labute approximate surface area is 155 Å². The van der Waals surface area contributed by atoms with Crippen LogP contribution < -0.4 is 5.32 Å². The lowest BCUT2D eigenvalue weighted by molar-refractivity contribution is -0.137. The molecule has 1 saturated heterocycles. The van der Waals surface area contributed by atoms with Gasteiger partial charge in [0.05, 0.1) is 17.7 Å². The second-order valence-corrected chi connectivity index (χ2v) is 6.61. The molecule has 3 atom stereocenters. The summed E-state index contributed by atoms with van der Waals surface area (Å²) in [6.45, 7) is 0.555. The minimum Gasteiger partial charge on any atom is -0.508 e. The molecule has 1 fully saturated rings. The first kappa shape index (κ1) is 18.9. The SMILES string of the molecule is Cl.Oc1ccc(C2Nc3ccc(C(F)(F)F)cc3[C@@H]3OCCC[C@H]23)cc1. The molecule has 4 rings (SSSR count). The predicted molar refractivity (Wildman–Crippen MR) is 94.6 cm³/mol. The summed E-state index contributed by atoms with van der Waals surface area (Å²) in [7, 11) is 0. The van der Waals surface area contributed by atoms with Gasteiger partial charge in [-0.3, -0.25) is 0 Å². The van der Waals surface area contributed by atoms with Crippen LogP contribution in [0.15, 0.2) is 42.5 Å². The van der Waals surface area contributed by atoms with Crippen molar-refractivity contribution in [2.45, 2.75) is 31.2 Å². The van der Waals surface area contributed by atoms with Crippen LogP contribution in [0.1, 0.15) is 41.7 Å². The first-order chi connectivity index (χ1) is 11.9. The Morgan fingerprint density at radius 1 is 1.08 bits per heavy atom. The molecule has 2 heterocycles. The maximum Gasteiger partial charge on any atom is 0.416 e. The zero-order valence-electron chi connectivity index (χ0n) is 13.8. The van der Waals surface area contributed by atoms with Gasteiger partial charge in [-0.2, -0.15) is 13.2 Å². The van der Waals surface area contributed by atoms with Crippen LogP contribution in [0, 0.1) is 5.92 Å². The molecular formula is C19H19ClF3NO2. The molecule has 2 aromatic rings. The summed E-state index contributed by atoms with van der Waals surface area (Å²) in [5, 5.41) is 12.9. The van der Waals surface area contributed by atoms with Crippen molar-refractivity contribution in [3.63, 3.8) is 0 Å². The van der Waals surface area contributed by atoms with E-state index in [0.717, 1.165) is 24.5 Å². The van der Waals surface area contributed by atoms with Crippen LogP contribution >= 0.6 is 12.4 Å². The van der Waals surface area contributed by atoms with E-state index in [4.69, 9.17) is 4.74 Å². The van der Waals surface area contributed by atoms with Crippen molar-refractivity contribution >= 4 is 18.1 Å². The number of halogens is 4. The minimum absolute atomic E-state index is 0. The van der Waals surface area contributed by atoms with E-state index in [1.807, 2.05) is 12.1 Å². The zero-order chi connectivity index (χ0) is 17.6. The van der Waals surface area contributed by atoms with Gasteiger partial charge in [0, 0.05) is 23.8 Å². The Kier molecular flexibility index (Phi) is 5.08. The van der Waals surface area contributed by atoms with Crippen LogP contribution in [-0.2, 0) is 10.9 Å².